The van der Waals surface area contributed by atoms with E-state index in [1.165, 1.54) is 0 Å². The van der Waals surface area contributed by atoms with Gasteiger partial charge in [-0.1, -0.05) is 11.6 Å². The molecule has 1 N–H and O–H groups in total. The highest BCUT2D eigenvalue weighted by Gasteiger charge is 2.11. The highest BCUT2D eigenvalue weighted by Crippen LogP contribution is 2.33. The van der Waals surface area contributed by atoms with Crippen molar-refractivity contribution in [1.29, 1.82) is 0 Å². The molecule has 0 saturated carbocycles. The molecule has 0 atom stereocenters. The van der Waals surface area contributed by atoms with Gasteiger partial charge < -0.3 is 5.32 Å². The Morgan fingerprint density at radius 3 is 2.50 bits per heavy atom. The first kappa shape index (κ1) is 13.5. The predicted octanol–water partition coefficient (Wildman–Crippen LogP) is 5.28. The van der Waals surface area contributed by atoms with Crippen LogP contribution in [0.5, 0.6) is 0 Å². The average Bonchev–Trinajstić information content (AvgIpc) is 2.99. The van der Waals surface area contributed by atoms with Gasteiger partial charge >= 0.3 is 0 Å². The van der Waals surface area contributed by atoms with Crippen molar-refractivity contribution in [3.8, 4) is 10.6 Å². The Hall–Kier alpha value is -1.43. The van der Waals surface area contributed by atoms with Crippen LogP contribution >= 0.6 is 34.3 Å². The summed E-state index contributed by atoms with van der Waals surface area (Å²) in [5, 5.41) is 8.00. The third-order valence-corrected chi connectivity index (χ3v) is 4.84. The number of benzene rings is 1. The van der Waals surface area contributed by atoms with Gasteiger partial charge in [0.05, 0.1) is 21.3 Å². The van der Waals surface area contributed by atoms with E-state index >= 15 is 0 Å². The maximum absolute atomic E-state index is 5.87. The van der Waals surface area contributed by atoms with Gasteiger partial charge in [-0.3, -0.25) is 0 Å². The number of halogens is 1. The summed E-state index contributed by atoms with van der Waals surface area (Å²) < 4.78 is 0. The zero-order valence-electron chi connectivity index (χ0n) is 11.0. The first-order chi connectivity index (χ1) is 9.61. The lowest BCUT2D eigenvalue weighted by atomic mass is 10.3. The highest BCUT2D eigenvalue weighted by atomic mass is 35.5. The second-order valence-corrected chi connectivity index (χ2v) is 6.81. The number of aryl methyl sites for hydroxylation is 2. The van der Waals surface area contributed by atoms with Crippen LogP contribution in [0, 0.1) is 13.8 Å². The minimum Gasteiger partial charge on any atom is -0.332 e. The summed E-state index contributed by atoms with van der Waals surface area (Å²) in [4.78, 5) is 10.2. The molecule has 6 heteroatoms. The number of anilines is 2. The topological polar surface area (TPSA) is 37.8 Å². The first-order valence-electron chi connectivity index (χ1n) is 6.04. The van der Waals surface area contributed by atoms with Gasteiger partial charge in [0.1, 0.15) is 0 Å². The lowest BCUT2D eigenvalue weighted by Crippen LogP contribution is -1.88. The van der Waals surface area contributed by atoms with Crippen LogP contribution in [0.3, 0.4) is 0 Å². The summed E-state index contributed by atoms with van der Waals surface area (Å²) in [7, 11) is 0. The van der Waals surface area contributed by atoms with E-state index in [1.54, 1.807) is 22.7 Å². The third-order valence-electron chi connectivity index (χ3n) is 2.74. The summed E-state index contributed by atoms with van der Waals surface area (Å²) in [6, 6.07) is 7.58. The number of rotatable bonds is 3. The van der Waals surface area contributed by atoms with Crippen molar-refractivity contribution >= 4 is 45.1 Å². The SMILES string of the molecule is Cc1nc(C)c(-c2csc(Nc3ccc(Cl)cc3)n2)s1. The second-order valence-electron chi connectivity index (χ2n) is 4.32. The van der Waals surface area contributed by atoms with Gasteiger partial charge in [-0.05, 0) is 38.1 Å². The molecule has 0 spiro atoms. The molecule has 0 aliphatic heterocycles. The van der Waals surface area contributed by atoms with Gasteiger partial charge in [-0.15, -0.1) is 22.7 Å². The Balaban J connectivity index is 1.83. The fourth-order valence-electron chi connectivity index (χ4n) is 1.86. The van der Waals surface area contributed by atoms with Crippen LogP contribution in [0.25, 0.3) is 10.6 Å². The van der Waals surface area contributed by atoms with Crippen LogP contribution in [0.2, 0.25) is 5.02 Å². The molecule has 3 nitrogen and oxygen atoms in total. The number of aromatic nitrogens is 2. The van der Waals surface area contributed by atoms with E-state index in [9.17, 15) is 0 Å². The number of hydrogen-bond donors (Lipinski definition) is 1. The molecule has 0 unspecified atom stereocenters. The van der Waals surface area contributed by atoms with E-state index in [2.05, 4.69) is 20.7 Å². The van der Waals surface area contributed by atoms with E-state index in [4.69, 9.17) is 11.6 Å². The van der Waals surface area contributed by atoms with Crippen LogP contribution < -0.4 is 5.32 Å². The summed E-state index contributed by atoms with van der Waals surface area (Å²) in [5.74, 6) is 0. The fourth-order valence-corrected chi connectivity index (χ4v) is 3.66. The quantitative estimate of drug-likeness (QED) is 0.713. The second kappa shape index (κ2) is 5.52. The molecular formula is C14H12ClN3S2. The molecule has 3 rings (SSSR count). The maximum Gasteiger partial charge on any atom is 0.187 e. The molecule has 0 fully saturated rings. The predicted molar refractivity (Wildman–Crippen MR) is 87.4 cm³/mol. The normalized spacial score (nSPS) is 10.8. The minimum atomic E-state index is 0.728. The number of thiazole rings is 2. The maximum atomic E-state index is 5.87. The summed E-state index contributed by atoms with van der Waals surface area (Å²) in [6.45, 7) is 4.03. The molecule has 2 heterocycles. The van der Waals surface area contributed by atoms with E-state index in [0.717, 1.165) is 37.1 Å². The van der Waals surface area contributed by atoms with Crippen molar-refractivity contribution in [2.45, 2.75) is 13.8 Å². The van der Waals surface area contributed by atoms with Gasteiger partial charge in [0.15, 0.2) is 5.13 Å². The zero-order valence-corrected chi connectivity index (χ0v) is 13.4. The van der Waals surface area contributed by atoms with Gasteiger partial charge in [0, 0.05) is 16.1 Å². The summed E-state index contributed by atoms with van der Waals surface area (Å²) >= 11 is 9.13. The number of nitrogens with one attached hydrogen (secondary N) is 1. The Bertz CT molecular complexity index is 731. The number of nitrogens with zero attached hydrogens (tertiary/aromatic N) is 2. The minimum absolute atomic E-state index is 0.728. The standard InChI is InChI=1S/C14H12ClN3S2/c1-8-13(20-9(2)16-8)12-7-19-14(18-12)17-11-5-3-10(15)4-6-11/h3-7H,1-2H3,(H,17,18). The molecule has 0 bridgehead atoms. The van der Waals surface area contributed by atoms with Gasteiger partial charge in [-0.2, -0.15) is 0 Å². The molecular weight excluding hydrogens is 310 g/mol. The van der Waals surface area contributed by atoms with Gasteiger partial charge in [0.2, 0.25) is 0 Å². The number of hydrogen-bond acceptors (Lipinski definition) is 5. The van der Waals surface area contributed by atoms with E-state index < -0.39 is 0 Å². The van der Waals surface area contributed by atoms with E-state index in [1.807, 2.05) is 38.1 Å². The van der Waals surface area contributed by atoms with Crippen molar-refractivity contribution < 1.29 is 0 Å². The molecule has 20 heavy (non-hydrogen) atoms. The van der Waals surface area contributed by atoms with E-state index in [-0.39, 0.29) is 0 Å². The molecule has 1 aromatic carbocycles. The van der Waals surface area contributed by atoms with Crippen molar-refractivity contribution in [3.63, 3.8) is 0 Å². The van der Waals surface area contributed by atoms with Crippen LogP contribution in [0.1, 0.15) is 10.7 Å². The van der Waals surface area contributed by atoms with Crippen LogP contribution in [-0.4, -0.2) is 9.97 Å². The van der Waals surface area contributed by atoms with Crippen LogP contribution in [0.4, 0.5) is 10.8 Å². The highest BCUT2D eigenvalue weighted by molar-refractivity contribution is 7.16. The van der Waals surface area contributed by atoms with Crippen molar-refractivity contribution in [1.82, 2.24) is 9.97 Å². The van der Waals surface area contributed by atoms with Crippen molar-refractivity contribution in [2.75, 3.05) is 5.32 Å². The molecule has 0 aliphatic rings. The Labute approximate surface area is 130 Å². The van der Waals surface area contributed by atoms with Crippen LogP contribution in [-0.2, 0) is 0 Å². The zero-order chi connectivity index (χ0) is 14.1. The molecule has 0 saturated heterocycles. The van der Waals surface area contributed by atoms with Gasteiger partial charge in [0.25, 0.3) is 0 Å². The smallest absolute Gasteiger partial charge is 0.187 e. The molecule has 3 aromatic rings. The molecule has 0 aliphatic carbocycles. The summed E-state index contributed by atoms with van der Waals surface area (Å²) in [6.07, 6.45) is 0. The van der Waals surface area contributed by atoms with Crippen LogP contribution in [0.15, 0.2) is 29.6 Å². The largest absolute Gasteiger partial charge is 0.332 e. The molecule has 102 valence electrons. The fraction of sp³-hybridized carbons (Fsp3) is 0.143. The van der Waals surface area contributed by atoms with Crippen molar-refractivity contribution in [2.24, 2.45) is 0 Å². The molecule has 2 aromatic heterocycles. The third kappa shape index (κ3) is 2.85. The summed E-state index contributed by atoms with van der Waals surface area (Å²) in [5.41, 5.74) is 3.00. The average molecular weight is 322 g/mol. The lowest BCUT2D eigenvalue weighted by molar-refractivity contribution is 1.20. The Morgan fingerprint density at radius 2 is 1.85 bits per heavy atom. The first-order valence-corrected chi connectivity index (χ1v) is 8.12. The monoisotopic (exact) mass is 321 g/mol. The van der Waals surface area contributed by atoms with E-state index in [0.29, 0.717) is 0 Å². The van der Waals surface area contributed by atoms with Crippen molar-refractivity contribution in [3.05, 3.63) is 45.4 Å². The molecule has 0 amide bonds. The Kier molecular flexibility index (Phi) is 3.74. The van der Waals surface area contributed by atoms with Gasteiger partial charge in [-0.25, -0.2) is 9.97 Å². The molecule has 0 radical (unpaired) electrons. The Morgan fingerprint density at radius 1 is 1.10 bits per heavy atom. The lowest BCUT2D eigenvalue weighted by Gasteiger charge is -2.01.